The molecule has 4 rings (SSSR count). The molecule has 2 heteroatoms. The first-order valence-corrected chi connectivity index (χ1v) is 14.2. The van der Waals surface area contributed by atoms with Crippen LogP contribution in [-0.4, -0.2) is 10.1 Å². The van der Waals surface area contributed by atoms with Gasteiger partial charge >= 0.3 is 0 Å². The van der Waals surface area contributed by atoms with E-state index in [1.807, 2.05) is 0 Å². The number of aromatic nitrogens is 1. The van der Waals surface area contributed by atoms with Crippen LogP contribution in [0.15, 0.2) is 60.7 Å². The maximum atomic E-state index is 11.6. The van der Waals surface area contributed by atoms with E-state index in [2.05, 4.69) is 144 Å². The Labute approximate surface area is 236 Å². The van der Waals surface area contributed by atoms with E-state index in [1.54, 1.807) is 0 Å². The fraction of sp³-hybridized carbons (Fsp3) is 0.432. The van der Waals surface area contributed by atoms with Gasteiger partial charge in [-0.1, -0.05) is 119 Å². The van der Waals surface area contributed by atoms with Crippen molar-refractivity contribution in [2.45, 2.75) is 105 Å². The normalized spacial score (nSPS) is 13.2. The van der Waals surface area contributed by atoms with E-state index < -0.39 is 0 Å². The van der Waals surface area contributed by atoms with E-state index in [1.165, 1.54) is 16.7 Å². The van der Waals surface area contributed by atoms with Crippen LogP contribution in [0.3, 0.4) is 0 Å². The van der Waals surface area contributed by atoms with Crippen LogP contribution >= 0.6 is 0 Å². The van der Waals surface area contributed by atoms with Crippen LogP contribution in [0.1, 0.15) is 105 Å². The minimum Gasteiger partial charge on any atom is -0.507 e. The zero-order chi connectivity index (χ0) is 29.1. The number of rotatable bonds is 2. The molecule has 1 heterocycles. The molecule has 2 nitrogen and oxygen atoms in total. The molecule has 0 saturated heterocycles. The highest BCUT2D eigenvalue weighted by molar-refractivity contribution is 5.96. The molecule has 0 aliphatic carbocycles. The van der Waals surface area contributed by atoms with Crippen molar-refractivity contribution < 1.29 is 5.11 Å². The van der Waals surface area contributed by atoms with Crippen LogP contribution in [0.5, 0.6) is 5.75 Å². The SMILES string of the molecule is CC(C)(C)c1cc(-c2ccc3cccc(-c4cc(C(C)(C)C)cc(C(C)(C)C)c4O)c3n2)cc(C(C)(C)C)c1. The predicted molar refractivity (Wildman–Crippen MR) is 169 cm³/mol. The molecule has 1 aromatic heterocycles. The summed E-state index contributed by atoms with van der Waals surface area (Å²) >= 11 is 0. The van der Waals surface area contributed by atoms with Crippen molar-refractivity contribution in [3.8, 4) is 28.1 Å². The van der Waals surface area contributed by atoms with Crippen molar-refractivity contribution in [3.63, 3.8) is 0 Å². The third-order valence-corrected chi connectivity index (χ3v) is 7.76. The molecule has 0 fully saturated rings. The fourth-order valence-corrected chi connectivity index (χ4v) is 5.01. The van der Waals surface area contributed by atoms with Gasteiger partial charge in [0.15, 0.2) is 0 Å². The summed E-state index contributed by atoms with van der Waals surface area (Å²) in [6.45, 7) is 26.8. The lowest BCUT2D eigenvalue weighted by Gasteiger charge is -2.28. The molecule has 0 aliphatic rings. The van der Waals surface area contributed by atoms with E-state index in [-0.39, 0.29) is 21.7 Å². The predicted octanol–water partition coefficient (Wildman–Crippen LogP) is 10.5. The Kier molecular flexibility index (Phi) is 7.04. The Balaban J connectivity index is 2.02. The monoisotopic (exact) mass is 521 g/mol. The molecule has 39 heavy (non-hydrogen) atoms. The molecule has 0 amide bonds. The highest BCUT2D eigenvalue weighted by Crippen LogP contribution is 2.44. The van der Waals surface area contributed by atoms with Crippen molar-refractivity contribution in [1.82, 2.24) is 4.98 Å². The fourth-order valence-electron chi connectivity index (χ4n) is 5.01. The molecule has 3 aromatic carbocycles. The maximum absolute atomic E-state index is 11.6. The number of fused-ring (bicyclic) bond motifs is 1. The largest absolute Gasteiger partial charge is 0.507 e. The van der Waals surface area contributed by atoms with Gasteiger partial charge in [-0.05, 0) is 62.6 Å². The van der Waals surface area contributed by atoms with Gasteiger partial charge in [-0.2, -0.15) is 0 Å². The number of hydrogen-bond acceptors (Lipinski definition) is 2. The maximum Gasteiger partial charge on any atom is 0.127 e. The number of benzene rings is 3. The summed E-state index contributed by atoms with van der Waals surface area (Å²) in [6.07, 6.45) is 0. The quantitative estimate of drug-likeness (QED) is 0.284. The van der Waals surface area contributed by atoms with Crippen LogP contribution in [0.25, 0.3) is 33.3 Å². The third-order valence-electron chi connectivity index (χ3n) is 7.76. The Morgan fingerprint density at radius 1 is 0.538 bits per heavy atom. The first-order chi connectivity index (χ1) is 17.8. The van der Waals surface area contributed by atoms with E-state index >= 15 is 0 Å². The summed E-state index contributed by atoms with van der Waals surface area (Å²) in [5, 5.41) is 12.7. The van der Waals surface area contributed by atoms with Gasteiger partial charge in [-0.15, -0.1) is 0 Å². The summed E-state index contributed by atoms with van der Waals surface area (Å²) in [4.78, 5) is 5.28. The van der Waals surface area contributed by atoms with Crippen LogP contribution in [0.4, 0.5) is 0 Å². The Hall–Kier alpha value is -3.13. The van der Waals surface area contributed by atoms with Gasteiger partial charge in [0.05, 0.1) is 11.2 Å². The zero-order valence-electron chi connectivity index (χ0n) is 26.2. The molecular formula is C37H47NO. The molecule has 0 radical (unpaired) electrons. The number of hydrogen-bond donors (Lipinski definition) is 1. The van der Waals surface area contributed by atoms with E-state index in [0.29, 0.717) is 5.75 Å². The summed E-state index contributed by atoms with van der Waals surface area (Å²) in [5.41, 5.74) is 9.41. The molecule has 0 spiro atoms. The lowest BCUT2D eigenvalue weighted by Crippen LogP contribution is -2.17. The zero-order valence-corrected chi connectivity index (χ0v) is 26.2. The van der Waals surface area contributed by atoms with Crippen molar-refractivity contribution in [2.75, 3.05) is 0 Å². The standard InChI is InChI=1S/C37H47NO/c1-34(2,3)25-18-24(19-26(20-25)35(4,5)6)31-17-16-23-14-13-15-28(32(23)38-31)29-21-27(36(7,8)9)22-30(33(29)39)37(10,11)12/h13-22,39H,1-12H3. The third kappa shape index (κ3) is 5.91. The number of pyridine rings is 1. The molecule has 0 unspecified atom stereocenters. The summed E-state index contributed by atoms with van der Waals surface area (Å²) in [5.74, 6) is 0.347. The van der Waals surface area contributed by atoms with Crippen LogP contribution in [-0.2, 0) is 21.7 Å². The molecule has 0 aliphatic heterocycles. The molecule has 4 aromatic rings. The second-order valence-electron chi connectivity index (χ2n) is 15.3. The topological polar surface area (TPSA) is 33.1 Å². The van der Waals surface area contributed by atoms with Gasteiger partial charge in [0.2, 0.25) is 0 Å². The average Bonchev–Trinajstić information content (AvgIpc) is 2.80. The summed E-state index contributed by atoms with van der Waals surface area (Å²) in [6, 6.07) is 21.8. The molecule has 0 bridgehead atoms. The van der Waals surface area contributed by atoms with Crippen molar-refractivity contribution >= 4 is 10.9 Å². The first kappa shape index (κ1) is 28.9. The van der Waals surface area contributed by atoms with Crippen LogP contribution in [0.2, 0.25) is 0 Å². The second-order valence-corrected chi connectivity index (χ2v) is 15.3. The first-order valence-electron chi connectivity index (χ1n) is 14.2. The van der Waals surface area contributed by atoms with Crippen molar-refractivity contribution in [2.24, 2.45) is 0 Å². The highest BCUT2D eigenvalue weighted by Gasteiger charge is 2.27. The van der Waals surface area contributed by atoms with Gasteiger partial charge in [0.1, 0.15) is 5.75 Å². The number of phenolic OH excluding ortho intramolecular Hbond substituents is 1. The number of phenols is 1. The van der Waals surface area contributed by atoms with Crippen LogP contribution in [0, 0.1) is 0 Å². The number of para-hydroxylation sites is 1. The van der Waals surface area contributed by atoms with E-state index in [9.17, 15) is 5.11 Å². The molecule has 1 N–H and O–H groups in total. The molecule has 206 valence electrons. The van der Waals surface area contributed by atoms with Crippen LogP contribution < -0.4 is 0 Å². The Morgan fingerprint density at radius 3 is 1.59 bits per heavy atom. The minimum absolute atomic E-state index is 0.0283. The van der Waals surface area contributed by atoms with Gasteiger partial charge in [-0.25, -0.2) is 4.98 Å². The van der Waals surface area contributed by atoms with Gasteiger partial charge < -0.3 is 5.11 Å². The number of aromatic hydroxyl groups is 1. The van der Waals surface area contributed by atoms with E-state index in [4.69, 9.17) is 4.98 Å². The van der Waals surface area contributed by atoms with Crippen molar-refractivity contribution in [3.05, 3.63) is 82.9 Å². The summed E-state index contributed by atoms with van der Waals surface area (Å²) in [7, 11) is 0. The second kappa shape index (κ2) is 9.51. The molecule has 0 saturated carbocycles. The van der Waals surface area contributed by atoms with Crippen molar-refractivity contribution in [1.29, 1.82) is 0 Å². The minimum atomic E-state index is -0.194. The van der Waals surface area contributed by atoms with Gasteiger partial charge in [0, 0.05) is 27.6 Å². The van der Waals surface area contributed by atoms with Gasteiger partial charge in [-0.3, -0.25) is 0 Å². The lowest BCUT2D eigenvalue weighted by molar-refractivity contribution is 0.446. The van der Waals surface area contributed by atoms with Gasteiger partial charge in [0.25, 0.3) is 0 Å². The summed E-state index contributed by atoms with van der Waals surface area (Å²) < 4.78 is 0. The average molecular weight is 522 g/mol. The Bertz CT molecular complexity index is 1500. The smallest absolute Gasteiger partial charge is 0.127 e. The molecular weight excluding hydrogens is 474 g/mol. The van der Waals surface area contributed by atoms with E-state index in [0.717, 1.165) is 38.9 Å². The highest BCUT2D eigenvalue weighted by atomic mass is 16.3. The molecule has 0 atom stereocenters. The number of nitrogens with zero attached hydrogens (tertiary/aromatic N) is 1. The lowest BCUT2D eigenvalue weighted by atomic mass is 9.78. The Morgan fingerprint density at radius 2 is 1.08 bits per heavy atom.